The summed E-state index contributed by atoms with van der Waals surface area (Å²) in [6, 6.07) is 0.978. The zero-order valence-electron chi connectivity index (χ0n) is 13.5. The van der Waals surface area contributed by atoms with Gasteiger partial charge in [-0.05, 0) is 12.5 Å². The van der Waals surface area contributed by atoms with E-state index < -0.39 is 0 Å². The van der Waals surface area contributed by atoms with Crippen molar-refractivity contribution in [1.29, 1.82) is 0 Å². The average molecular weight is 300 g/mol. The van der Waals surface area contributed by atoms with Gasteiger partial charge in [0.15, 0.2) is 0 Å². The molecule has 0 aromatic heterocycles. The second-order valence-corrected chi connectivity index (χ2v) is 6.39. The number of hydrogen-bond donors (Lipinski definition) is 1. The lowest BCUT2D eigenvalue weighted by Crippen LogP contribution is -2.26. The molecule has 0 aromatic rings. The topological polar surface area (TPSA) is 38.3 Å². The number of amides is 1. The molecule has 0 aromatic carbocycles. The molecule has 20 heavy (non-hydrogen) atoms. The molecular formula is C16H33NO2Si. The van der Waals surface area contributed by atoms with Crippen molar-refractivity contribution in [3.05, 3.63) is 0 Å². The average Bonchev–Trinajstić information content (AvgIpc) is 2.45. The maximum atomic E-state index is 11.3. The van der Waals surface area contributed by atoms with Crippen LogP contribution in [0.4, 0.5) is 4.79 Å². The Balaban J connectivity index is 3.07. The Kier molecular flexibility index (Phi) is 16.1. The third-order valence-corrected chi connectivity index (χ3v) is 4.35. The quantitative estimate of drug-likeness (QED) is 0.359. The van der Waals surface area contributed by atoms with E-state index in [9.17, 15) is 4.79 Å². The zero-order valence-corrected chi connectivity index (χ0v) is 14.5. The summed E-state index contributed by atoms with van der Waals surface area (Å²) in [4.78, 5) is 11.3. The fourth-order valence-corrected chi connectivity index (χ4v) is 2.57. The maximum absolute atomic E-state index is 11.3. The summed E-state index contributed by atoms with van der Waals surface area (Å²) in [5.74, 6) is 0. The van der Waals surface area contributed by atoms with E-state index in [0.29, 0.717) is 9.76 Å². The van der Waals surface area contributed by atoms with Gasteiger partial charge in [0.1, 0.15) is 0 Å². The minimum absolute atomic E-state index is 0.243. The van der Waals surface area contributed by atoms with Crippen molar-refractivity contribution in [1.82, 2.24) is 5.32 Å². The van der Waals surface area contributed by atoms with Crippen LogP contribution in [0, 0.1) is 0 Å². The lowest BCUT2D eigenvalue weighted by molar-refractivity contribution is 0.202. The number of carbonyl (C=O) groups excluding carboxylic acids is 1. The normalized spacial score (nSPS) is 10.5. The molecule has 0 saturated carbocycles. The summed E-state index contributed by atoms with van der Waals surface area (Å²) in [6.07, 6.45) is 14.0. The molecule has 3 nitrogen and oxygen atoms in total. The van der Waals surface area contributed by atoms with E-state index in [0.717, 1.165) is 25.4 Å². The Hall–Kier alpha value is -0.513. The monoisotopic (exact) mass is 299 g/mol. The number of hydrogen-bond acceptors (Lipinski definition) is 2. The van der Waals surface area contributed by atoms with E-state index in [1.165, 1.54) is 57.8 Å². The smallest absolute Gasteiger partial charge is 0.393 e. The summed E-state index contributed by atoms with van der Waals surface area (Å²) >= 11 is 0. The molecule has 0 spiro atoms. The standard InChI is InChI=1S/C16H33NO2Si/c1-3-5-6-7-8-9-10-11-12-13-14-17-16(18)19-20-15-4-2/h3-15H2,1-2H3,(H,17,18). The van der Waals surface area contributed by atoms with Crippen LogP contribution in [0.2, 0.25) is 6.04 Å². The minimum atomic E-state index is -0.243. The molecule has 0 saturated heterocycles. The van der Waals surface area contributed by atoms with E-state index >= 15 is 0 Å². The highest BCUT2D eigenvalue weighted by Crippen LogP contribution is 2.10. The van der Waals surface area contributed by atoms with Crippen LogP contribution >= 0.6 is 0 Å². The molecule has 0 unspecified atom stereocenters. The van der Waals surface area contributed by atoms with Crippen LogP contribution in [-0.4, -0.2) is 22.4 Å². The Morgan fingerprint density at radius 3 is 1.95 bits per heavy atom. The predicted octanol–water partition coefficient (Wildman–Crippen LogP) is 5.08. The molecule has 0 bridgehead atoms. The number of unbranched alkanes of at least 4 members (excludes halogenated alkanes) is 9. The molecule has 1 amide bonds. The molecule has 118 valence electrons. The molecule has 1 N–H and O–H groups in total. The number of nitrogens with one attached hydrogen (secondary N) is 1. The first-order chi connectivity index (χ1) is 9.81. The molecule has 0 aliphatic carbocycles. The van der Waals surface area contributed by atoms with Gasteiger partial charge in [-0.3, -0.25) is 0 Å². The van der Waals surface area contributed by atoms with Crippen molar-refractivity contribution in [2.24, 2.45) is 0 Å². The predicted molar refractivity (Wildman–Crippen MR) is 87.2 cm³/mol. The van der Waals surface area contributed by atoms with E-state index in [2.05, 4.69) is 19.2 Å². The highest BCUT2D eigenvalue weighted by atomic mass is 28.2. The molecule has 0 atom stereocenters. The van der Waals surface area contributed by atoms with Crippen LogP contribution in [-0.2, 0) is 4.43 Å². The molecule has 0 aliphatic heterocycles. The van der Waals surface area contributed by atoms with E-state index in [1.807, 2.05) is 0 Å². The van der Waals surface area contributed by atoms with Crippen molar-refractivity contribution in [3.63, 3.8) is 0 Å². The first-order valence-electron chi connectivity index (χ1n) is 8.48. The van der Waals surface area contributed by atoms with Gasteiger partial charge >= 0.3 is 15.9 Å². The van der Waals surface area contributed by atoms with Gasteiger partial charge in [-0.25, -0.2) is 4.79 Å². The van der Waals surface area contributed by atoms with Crippen LogP contribution in [0.1, 0.15) is 84.5 Å². The van der Waals surface area contributed by atoms with Crippen molar-refractivity contribution in [3.8, 4) is 0 Å². The third-order valence-electron chi connectivity index (χ3n) is 3.32. The fourth-order valence-electron chi connectivity index (χ4n) is 2.06. The van der Waals surface area contributed by atoms with Crippen LogP contribution in [0.5, 0.6) is 0 Å². The molecule has 2 radical (unpaired) electrons. The Morgan fingerprint density at radius 1 is 0.850 bits per heavy atom. The number of carbonyl (C=O) groups is 1. The summed E-state index contributed by atoms with van der Waals surface area (Å²) in [5, 5.41) is 2.81. The molecule has 0 aliphatic rings. The van der Waals surface area contributed by atoms with Gasteiger partial charge in [0, 0.05) is 6.54 Å². The van der Waals surface area contributed by atoms with Crippen molar-refractivity contribution >= 4 is 15.9 Å². The van der Waals surface area contributed by atoms with Gasteiger partial charge in [-0.1, -0.05) is 78.1 Å². The molecule has 4 heteroatoms. The maximum Gasteiger partial charge on any atom is 0.393 e. The second-order valence-electron chi connectivity index (χ2n) is 5.39. The lowest BCUT2D eigenvalue weighted by atomic mass is 10.1. The Bertz CT molecular complexity index is 213. The van der Waals surface area contributed by atoms with Gasteiger partial charge in [0.05, 0.1) is 0 Å². The Labute approximate surface area is 128 Å². The van der Waals surface area contributed by atoms with E-state index in [-0.39, 0.29) is 6.09 Å². The van der Waals surface area contributed by atoms with Crippen LogP contribution in [0.15, 0.2) is 0 Å². The summed E-state index contributed by atoms with van der Waals surface area (Å²) in [5.41, 5.74) is 0. The summed E-state index contributed by atoms with van der Waals surface area (Å²) in [7, 11) is 0.312. The van der Waals surface area contributed by atoms with Gasteiger partial charge < -0.3 is 9.74 Å². The summed E-state index contributed by atoms with van der Waals surface area (Å²) < 4.78 is 5.05. The summed E-state index contributed by atoms with van der Waals surface area (Å²) in [6.45, 7) is 5.11. The van der Waals surface area contributed by atoms with Crippen LogP contribution in [0.3, 0.4) is 0 Å². The highest BCUT2D eigenvalue weighted by molar-refractivity contribution is 6.30. The molecule has 0 rings (SSSR count). The van der Waals surface area contributed by atoms with Gasteiger partial charge in [-0.2, -0.15) is 0 Å². The SMILES string of the molecule is CCCCCCCCCCCCNC(=O)O[Si]CCC. The zero-order chi connectivity index (χ0) is 14.9. The molecule has 0 heterocycles. The van der Waals surface area contributed by atoms with Gasteiger partial charge in [-0.15, -0.1) is 0 Å². The molecular weight excluding hydrogens is 266 g/mol. The van der Waals surface area contributed by atoms with Crippen molar-refractivity contribution in [2.75, 3.05) is 6.54 Å². The van der Waals surface area contributed by atoms with E-state index in [1.54, 1.807) is 0 Å². The first kappa shape index (κ1) is 19.5. The van der Waals surface area contributed by atoms with E-state index in [4.69, 9.17) is 4.43 Å². The number of rotatable bonds is 14. The largest absolute Gasteiger partial charge is 0.501 e. The van der Waals surface area contributed by atoms with Crippen LogP contribution < -0.4 is 5.32 Å². The second kappa shape index (κ2) is 16.5. The van der Waals surface area contributed by atoms with Crippen molar-refractivity contribution < 1.29 is 9.22 Å². The lowest BCUT2D eigenvalue weighted by Gasteiger charge is -2.06. The molecule has 0 fully saturated rings. The van der Waals surface area contributed by atoms with Crippen LogP contribution in [0.25, 0.3) is 0 Å². The first-order valence-corrected chi connectivity index (χ1v) is 9.60. The minimum Gasteiger partial charge on any atom is -0.501 e. The van der Waals surface area contributed by atoms with Gasteiger partial charge in [0.25, 0.3) is 0 Å². The fraction of sp³-hybridized carbons (Fsp3) is 0.938. The van der Waals surface area contributed by atoms with Crippen molar-refractivity contribution in [2.45, 2.75) is 90.5 Å². The highest BCUT2D eigenvalue weighted by Gasteiger charge is 2.01. The Morgan fingerprint density at radius 2 is 1.40 bits per heavy atom. The third kappa shape index (κ3) is 15.5. The van der Waals surface area contributed by atoms with Gasteiger partial charge in [0.2, 0.25) is 0 Å².